The molecule has 0 radical (unpaired) electrons. The highest BCUT2D eigenvalue weighted by Gasteiger charge is 2.43. The van der Waals surface area contributed by atoms with Crippen molar-refractivity contribution in [2.24, 2.45) is 17.8 Å². The molecule has 0 unspecified atom stereocenters. The number of aromatic nitrogens is 2. The van der Waals surface area contributed by atoms with E-state index in [1.54, 1.807) is 7.11 Å². The number of methoxy groups -OCH3 is 1. The lowest BCUT2D eigenvalue weighted by Crippen LogP contribution is -2.35. The fraction of sp³-hybridized carbons (Fsp3) is 0.500. The summed E-state index contributed by atoms with van der Waals surface area (Å²) in [6, 6.07) is 13.6. The van der Waals surface area contributed by atoms with Crippen molar-refractivity contribution in [3.05, 3.63) is 60.4 Å². The van der Waals surface area contributed by atoms with Crippen molar-refractivity contribution >= 4 is 17.6 Å². The number of nitrogens with zero attached hydrogens (tertiary/aromatic N) is 3. The lowest BCUT2D eigenvalue weighted by Gasteiger charge is -2.34. The molecule has 11 heteroatoms. The van der Waals surface area contributed by atoms with Gasteiger partial charge in [-0.05, 0) is 92.0 Å². The van der Waals surface area contributed by atoms with Crippen LogP contribution in [0, 0.1) is 17.8 Å². The van der Waals surface area contributed by atoms with Gasteiger partial charge in [-0.3, -0.25) is 9.48 Å². The summed E-state index contributed by atoms with van der Waals surface area (Å²) < 4.78 is 55.5. The molecule has 2 aliphatic carbocycles. The van der Waals surface area contributed by atoms with Crippen LogP contribution in [-0.4, -0.2) is 54.7 Å². The van der Waals surface area contributed by atoms with Crippen LogP contribution >= 0.6 is 0 Å². The average molecular weight is 626 g/mol. The molecule has 8 nitrogen and oxygen atoms in total. The first-order valence-electron chi connectivity index (χ1n) is 15.7. The van der Waals surface area contributed by atoms with Crippen LogP contribution in [-0.2, 0) is 20.9 Å². The van der Waals surface area contributed by atoms with Crippen LogP contribution in [0.4, 0.5) is 18.9 Å². The number of esters is 2. The molecule has 2 heterocycles. The third-order valence-corrected chi connectivity index (χ3v) is 9.03. The normalized spacial score (nSPS) is 18.0. The second kappa shape index (κ2) is 13.1. The minimum Gasteiger partial charge on any atom is -0.497 e. The molecular weight excluding hydrogens is 587 g/mol. The van der Waals surface area contributed by atoms with E-state index >= 15 is 0 Å². The predicted octanol–water partition coefficient (Wildman–Crippen LogP) is 6.78. The van der Waals surface area contributed by atoms with E-state index in [1.165, 1.54) is 12.8 Å². The minimum absolute atomic E-state index is 0.159. The SMILES string of the molecule is COc1ccc(-c2cnn(CC3CC3)c2)c(N2CCC(COc3cccc([C@@H](CC(=O)OC(=O)C(F)(F)F)C4CC4)c3)CC2)c1. The molecule has 6 rings (SSSR count). The molecule has 3 aromatic rings. The topological polar surface area (TPSA) is 82.9 Å². The first kappa shape index (κ1) is 31.0. The Labute approximate surface area is 260 Å². The highest BCUT2D eigenvalue weighted by molar-refractivity contribution is 5.88. The first-order chi connectivity index (χ1) is 21.7. The van der Waals surface area contributed by atoms with Gasteiger partial charge in [0.1, 0.15) is 11.5 Å². The summed E-state index contributed by atoms with van der Waals surface area (Å²) in [6.07, 6.45) is 4.77. The average Bonchev–Trinajstić information content (AvgIpc) is 3.97. The molecule has 3 fully saturated rings. The van der Waals surface area contributed by atoms with Gasteiger partial charge in [-0.2, -0.15) is 18.3 Å². The van der Waals surface area contributed by atoms with E-state index in [9.17, 15) is 22.8 Å². The van der Waals surface area contributed by atoms with Crippen molar-refractivity contribution in [2.75, 3.05) is 31.7 Å². The van der Waals surface area contributed by atoms with Gasteiger partial charge in [0.2, 0.25) is 0 Å². The van der Waals surface area contributed by atoms with E-state index in [0.717, 1.165) is 79.4 Å². The Hall–Kier alpha value is -4.02. The molecule has 1 aliphatic heterocycles. The Bertz CT molecular complexity index is 1510. The lowest BCUT2D eigenvalue weighted by molar-refractivity contribution is -0.202. The van der Waals surface area contributed by atoms with E-state index in [0.29, 0.717) is 18.3 Å². The van der Waals surface area contributed by atoms with Gasteiger partial charge in [0, 0.05) is 48.7 Å². The zero-order chi connectivity index (χ0) is 31.6. The van der Waals surface area contributed by atoms with Crippen molar-refractivity contribution in [1.82, 2.24) is 9.78 Å². The number of halogens is 3. The second-order valence-corrected chi connectivity index (χ2v) is 12.5. The van der Waals surface area contributed by atoms with Crippen molar-refractivity contribution in [3.8, 4) is 22.6 Å². The number of piperidine rings is 1. The van der Waals surface area contributed by atoms with Crippen molar-refractivity contribution < 1.29 is 37.0 Å². The first-order valence-corrected chi connectivity index (χ1v) is 15.7. The standard InChI is InChI=1S/C34H38F3N3O5/c1-43-27-9-10-29(26-18-38-40(20-26)19-22-5-6-22)31(16-27)39-13-11-23(12-14-39)21-44-28-4-2-3-25(15-28)30(24-7-8-24)17-32(41)45-33(42)34(35,36)37/h2-4,9-10,15-16,18,20,22-24,30H,5-8,11-14,17,19,21H2,1H3/t30-/m0/s1. The lowest BCUT2D eigenvalue weighted by atomic mass is 9.91. The van der Waals surface area contributed by atoms with Gasteiger partial charge >= 0.3 is 18.1 Å². The molecule has 240 valence electrons. The number of hydrogen-bond donors (Lipinski definition) is 0. The number of ether oxygens (including phenoxy) is 3. The van der Waals surface area contributed by atoms with E-state index in [1.807, 2.05) is 41.2 Å². The number of rotatable bonds is 12. The number of anilines is 1. The number of benzene rings is 2. The number of carbonyl (C=O) groups is 2. The molecule has 1 atom stereocenters. The van der Waals surface area contributed by atoms with Gasteiger partial charge in [-0.25, -0.2) is 4.79 Å². The highest BCUT2D eigenvalue weighted by Crippen LogP contribution is 2.45. The quantitative estimate of drug-likeness (QED) is 0.162. The van der Waals surface area contributed by atoms with Gasteiger partial charge < -0.3 is 19.1 Å². The summed E-state index contributed by atoms with van der Waals surface area (Å²) in [6.45, 7) is 3.24. The summed E-state index contributed by atoms with van der Waals surface area (Å²) >= 11 is 0. The summed E-state index contributed by atoms with van der Waals surface area (Å²) in [4.78, 5) is 25.7. The molecule has 0 bridgehead atoms. The van der Waals surface area contributed by atoms with E-state index in [2.05, 4.69) is 33.1 Å². The maximum atomic E-state index is 12.5. The number of alkyl halides is 3. The molecule has 0 amide bonds. The van der Waals surface area contributed by atoms with Crippen molar-refractivity contribution in [1.29, 1.82) is 0 Å². The Balaban J connectivity index is 1.05. The van der Waals surface area contributed by atoms with E-state index < -0.39 is 18.1 Å². The molecule has 1 aromatic heterocycles. The van der Waals surface area contributed by atoms with Crippen LogP contribution in [0.25, 0.3) is 11.1 Å². The summed E-state index contributed by atoms with van der Waals surface area (Å²) in [5, 5.41) is 4.60. The Kier molecular flexibility index (Phi) is 9.05. The highest BCUT2D eigenvalue weighted by atomic mass is 19.4. The Morgan fingerprint density at radius 3 is 2.44 bits per heavy atom. The van der Waals surface area contributed by atoms with Crippen LogP contribution in [0.3, 0.4) is 0 Å². The van der Waals surface area contributed by atoms with Gasteiger partial charge in [-0.1, -0.05) is 12.1 Å². The maximum absolute atomic E-state index is 12.5. The van der Waals surface area contributed by atoms with Crippen molar-refractivity contribution in [2.45, 2.75) is 63.6 Å². The Morgan fingerprint density at radius 1 is 0.978 bits per heavy atom. The molecule has 0 N–H and O–H groups in total. The molecule has 1 saturated heterocycles. The van der Waals surface area contributed by atoms with Crippen LogP contribution in [0.15, 0.2) is 54.9 Å². The number of hydrogen-bond acceptors (Lipinski definition) is 7. The maximum Gasteiger partial charge on any atom is 0.491 e. The van der Waals surface area contributed by atoms with Crippen LogP contribution in [0.5, 0.6) is 11.5 Å². The third-order valence-electron chi connectivity index (χ3n) is 9.03. The molecule has 0 spiro atoms. The van der Waals surface area contributed by atoms with Crippen molar-refractivity contribution in [3.63, 3.8) is 0 Å². The fourth-order valence-corrected chi connectivity index (χ4v) is 6.14. The fourth-order valence-electron chi connectivity index (χ4n) is 6.14. The zero-order valence-electron chi connectivity index (χ0n) is 25.3. The molecular formula is C34H38F3N3O5. The third kappa shape index (κ3) is 7.99. The minimum atomic E-state index is -5.20. The molecule has 3 aliphatic rings. The smallest absolute Gasteiger partial charge is 0.491 e. The second-order valence-electron chi connectivity index (χ2n) is 12.5. The van der Waals surface area contributed by atoms with Gasteiger partial charge in [-0.15, -0.1) is 0 Å². The van der Waals surface area contributed by atoms with E-state index in [-0.39, 0.29) is 18.3 Å². The molecule has 2 saturated carbocycles. The number of carbonyl (C=O) groups excluding carboxylic acids is 2. The zero-order valence-corrected chi connectivity index (χ0v) is 25.3. The Morgan fingerprint density at radius 2 is 1.76 bits per heavy atom. The molecule has 45 heavy (non-hydrogen) atoms. The summed E-state index contributed by atoms with van der Waals surface area (Å²) in [5.74, 6) is -1.25. The summed E-state index contributed by atoms with van der Waals surface area (Å²) in [7, 11) is 1.68. The van der Waals surface area contributed by atoms with Crippen LogP contribution < -0.4 is 14.4 Å². The largest absolute Gasteiger partial charge is 0.497 e. The van der Waals surface area contributed by atoms with Gasteiger partial charge in [0.05, 0.1) is 26.3 Å². The van der Waals surface area contributed by atoms with Gasteiger partial charge in [0.25, 0.3) is 0 Å². The predicted molar refractivity (Wildman–Crippen MR) is 161 cm³/mol. The van der Waals surface area contributed by atoms with Gasteiger partial charge in [0.15, 0.2) is 0 Å². The summed E-state index contributed by atoms with van der Waals surface area (Å²) in [5.41, 5.74) is 4.17. The van der Waals surface area contributed by atoms with Crippen LogP contribution in [0.2, 0.25) is 0 Å². The monoisotopic (exact) mass is 625 g/mol. The van der Waals surface area contributed by atoms with E-state index in [4.69, 9.17) is 9.47 Å². The van der Waals surface area contributed by atoms with Crippen LogP contribution in [0.1, 0.15) is 56.4 Å². The molecule has 2 aromatic carbocycles.